The smallest absolute Gasteiger partial charge is 0.223 e. The van der Waals surface area contributed by atoms with Crippen molar-refractivity contribution in [2.45, 2.75) is 35.8 Å². The van der Waals surface area contributed by atoms with Gasteiger partial charge in [0.15, 0.2) is 0 Å². The van der Waals surface area contributed by atoms with Gasteiger partial charge in [-0.1, -0.05) is 34.8 Å². The molecule has 0 bridgehead atoms. The summed E-state index contributed by atoms with van der Waals surface area (Å²) < 4.78 is 3.84. The van der Waals surface area contributed by atoms with E-state index >= 15 is 0 Å². The SMILES string of the molecule is CC(=O)N[C@@H](NC[C@@H]1CCCO1)C(Cl)(Cl)Cl. The molecule has 1 heterocycles. The summed E-state index contributed by atoms with van der Waals surface area (Å²) in [5, 5.41) is 5.52. The second-order valence-corrected chi connectivity index (χ2v) is 6.09. The topological polar surface area (TPSA) is 50.4 Å². The largest absolute Gasteiger partial charge is 0.377 e. The summed E-state index contributed by atoms with van der Waals surface area (Å²) in [5.41, 5.74) is 0. The van der Waals surface area contributed by atoms with Crippen molar-refractivity contribution in [3.8, 4) is 0 Å². The Balaban J connectivity index is 2.40. The number of halogens is 3. The molecule has 4 nitrogen and oxygen atoms in total. The molecule has 0 aromatic rings. The molecule has 16 heavy (non-hydrogen) atoms. The summed E-state index contributed by atoms with van der Waals surface area (Å²) in [6.45, 7) is 2.70. The minimum Gasteiger partial charge on any atom is -0.377 e. The van der Waals surface area contributed by atoms with Gasteiger partial charge in [0.05, 0.1) is 6.10 Å². The van der Waals surface area contributed by atoms with Crippen LogP contribution in [-0.2, 0) is 9.53 Å². The number of nitrogens with one attached hydrogen (secondary N) is 2. The van der Waals surface area contributed by atoms with E-state index in [2.05, 4.69) is 10.6 Å². The van der Waals surface area contributed by atoms with Gasteiger partial charge in [-0.05, 0) is 12.8 Å². The van der Waals surface area contributed by atoms with Crippen LogP contribution >= 0.6 is 34.8 Å². The zero-order valence-corrected chi connectivity index (χ0v) is 11.2. The van der Waals surface area contributed by atoms with Crippen LogP contribution in [0.2, 0.25) is 0 Å². The van der Waals surface area contributed by atoms with Crippen LogP contribution in [0, 0.1) is 0 Å². The average molecular weight is 290 g/mol. The molecule has 0 spiro atoms. The molecule has 0 aliphatic carbocycles. The number of amides is 1. The van der Waals surface area contributed by atoms with E-state index in [-0.39, 0.29) is 12.0 Å². The minimum atomic E-state index is -1.58. The maximum Gasteiger partial charge on any atom is 0.223 e. The summed E-state index contributed by atoms with van der Waals surface area (Å²) in [4.78, 5) is 10.9. The van der Waals surface area contributed by atoms with Crippen molar-refractivity contribution in [1.82, 2.24) is 10.6 Å². The van der Waals surface area contributed by atoms with Gasteiger partial charge < -0.3 is 10.1 Å². The number of alkyl halides is 3. The van der Waals surface area contributed by atoms with Crippen LogP contribution in [0.25, 0.3) is 0 Å². The Morgan fingerprint density at radius 3 is 2.69 bits per heavy atom. The number of hydrogen-bond donors (Lipinski definition) is 2. The van der Waals surface area contributed by atoms with Crippen molar-refractivity contribution in [2.24, 2.45) is 0 Å². The number of rotatable bonds is 4. The fraction of sp³-hybridized carbons (Fsp3) is 0.889. The first-order valence-corrected chi connectivity index (χ1v) is 6.22. The average Bonchev–Trinajstić information content (AvgIpc) is 2.62. The maximum absolute atomic E-state index is 10.9. The first-order valence-electron chi connectivity index (χ1n) is 5.08. The van der Waals surface area contributed by atoms with Gasteiger partial charge in [0.2, 0.25) is 9.70 Å². The third kappa shape index (κ3) is 5.06. The number of ether oxygens (including phenoxy) is 1. The van der Waals surface area contributed by atoms with Gasteiger partial charge in [-0.25, -0.2) is 0 Å². The highest BCUT2D eigenvalue weighted by atomic mass is 35.6. The van der Waals surface area contributed by atoms with E-state index in [0.717, 1.165) is 19.4 Å². The van der Waals surface area contributed by atoms with Crippen LogP contribution < -0.4 is 10.6 Å². The van der Waals surface area contributed by atoms with Crippen molar-refractivity contribution in [3.05, 3.63) is 0 Å². The molecule has 0 aromatic carbocycles. The molecule has 0 radical (unpaired) electrons. The van der Waals surface area contributed by atoms with Crippen LogP contribution in [0.1, 0.15) is 19.8 Å². The van der Waals surface area contributed by atoms with E-state index in [1.807, 2.05) is 0 Å². The van der Waals surface area contributed by atoms with E-state index in [9.17, 15) is 4.79 Å². The second kappa shape index (κ2) is 6.26. The quantitative estimate of drug-likeness (QED) is 0.610. The summed E-state index contributed by atoms with van der Waals surface area (Å²) >= 11 is 17.2. The molecule has 1 amide bonds. The molecule has 0 aromatic heterocycles. The van der Waals surface area contributed by atoms with Gasteiger partial charge in [0.25, 0.3) is 0 Å². The predicted octanol–water partition coefficient (Wildman–Crippen LogP) is 1.59. The fourth-order valence-electron chi connectivity index (χ4n) is 1.51. The lowest BCUT2D eigenvalue weighted by atomic mass is 10.2. The Bertz CT molecular complexity index is 239. The van der Waals surface area contributed by atoms with E-state index in [1.165, 1.54) is 6.92 Å². The standard InChI is InChI=1S/C9H15Cl3N2O2/c1-6(15)14-8(9(10,11)12)13-5-7-3-2-4-16-7/h7-8,13H,2-5H2,1H3,(H,14,15)/t7-,8+/m0/s1. The van der Waals surface area contributed by atoms with E-state index in [1.54, 1.807) is 0 Å². The molecule has 7 heteroatoms. The lowest BCUT2D eigenvalue weighted by Gasteiger charge is -2.27. The van der Waals surface area contributed by atoms with Gasteiger partial charge in [0.1, 0.15) is 6.17 Å². The summed E-state index contributed by atoms with van der Waals surface area (Å²) in [6.07, 6.45) is 1.45. The molecular formula is C9H15Cl3N2O2. The molecule has 2 N–H and O–H groups in total. The third-order valence-electron chi connectivity index (χ3n) is 2.25. The van der Waals surface area contributed by atoms with Crippen LogP contribution in [0.4, 0.5) is 0 Å². The molecular weight excluding hydrogens is 274 g/mol. The lowest BCUT2D eigenvalue weighted by Crippen LogP contribution is -2.54. The number of hydrogen-bond acceptors (Lipinski definition) is 3. The normalized spacial score (nSPS) is 23.1. The Kier molecular flexibility index (Phi) is 5.61. The van der Waals surface area contributed by atoms with E-state index in [4.69, 9.17) is 39.5 Å². The van der Waals surface area contributed by atoms with Gasteiger partial charge in [-0.15, -0.1) is 0 Å². The Labute approximate surface area is 110 Å². The molecule has 1 fully saturated rings. The van der Waals surface area contributed by atoms with Gasteiger partial charge >= 0.3 is 0 Å². The van der Waals surface area contributed by atoms with Gasteiger partial charge in [-0.3, -0.25) is 10.1 Å². The predicted molar refractivity (Wildman–Crippen MR) is 64.9 cm³/mol. The maximum atomic E-state index is 10.9. The second-order valence-electron chi connectivity index (χ2n) is 3.72. The van der Waals surface area contributed by atoms with Crippen LogP contribution in [0.5, 0.6) is 0 Å². The molecule has 1 rings (SSSR count). The summed E-state index contributed by atoms with van der Waals surface area (Å²) in [7, 11) is 0. The highest BCUT2D eigenvalue weighted by molar-refractivity contribution is 6.68. The Hall–Kier alpha value is 0.260. The van der Waals surface area contributed by atoms with Crippen LogP contribution in [0.3, 0.4) is 0 Å². The zero-order valence-electron chi connectivity index (χ0n) is 8.93. The van der Waals surface area contributed by atoms with Gasteiger partial charge in [0, 0.05) is 20.1 Å². The highest BCUT2D eigenvalue weighted by Gasteiger charge is 2.33. The van der Waals surface area contributed by atoms with Crippen LogP contribution in [-0.4, -0.2) is 35.1 Å². The zero-order chi connectivity index (χ0) is 12.2. The molecule has 0 saturated carbocycles. The van der Waals surface area contributed by atoms with Crippen molar-refractivity contribution >= 4 is 40.7 Å². The first kappa shape index (κ1) is 14.3. The summed E-state index contributed by atoms with van der Waals surface area (Å²) in [5.74, 6) is -0.254. The Morgan fingerprint density at radius 1 is 1.56 bits per heavy atom. The summed E-state index contributed by atoms with van der Waals surface area (Å²) in [6, 6.07) is 0. The number of carbonyl (C=O) groups is 1. The molecule has 0 unspecified atom stereocenters. The molecule has 1 aliphatic heterocycles. The fourth-order valence-corrected chi connectivity index (χ4v) is 1.90. The third-order valence-corrected chi connectivity index (χ3v) is 2.90. The van der Waals surface area contributed by atoms with Crippen molar-refractivity contribution < 1.29 is 9.53 Å². The Morgan fingerprint density at radius 2 is 2.25 bits per heavy atom. The molecule has 1 aliphatic rings. The highest BCUT2D eigenvalue weighted by Crippen LogP contribution is 2.29. The monoisotopic (exact) mass is 288 g/mol. The first-order chi connectivity index (χ1) is 7.39. The minimum absolute atomic E-state index is 0.128. The van der Waals surface area contributed by atoms with E-state index in [0.29, 0.717) is 6.54 Å². The lowest BCUT2D eigenvalue weighted by molar-refractivity contribution is -0.119. The van der Waals surface area contributed by atoms with Crippen molar-refractivity contribution in [3.63, 3.8) is 0 Å². The molecule has 94 valence electrons. The van der Waals surface area contributed by atoms with Gasteiger partial charge in [-0.2, -0.15) is 0 Å². The van der Waals surface area contributed by atoms with E-state index < -0.39 is 9.96 Å². The molecule has 1 saturated heterocycles. The molecule has 2 atom stereocenters. The van der Waals surface area contributed by atoms with Crippen LogP contribution in [0.15, 0.2) is 0 Å². The van der Waals surface area contributed by atoms with Crippen molar-refractivity contribution in [2.75, 3.05) is 13.2 Å². The van der Waals surface area contributed by atoms with Crippen molar-refractivity contribution in [1.29, 1.82) is 0 Å². The number of carbonyl (C=O) groups excluding carboxylic acids is 1.